The van der Waals surface area contributed by atoms with Crippen molar-refractivity contribution in [2.24, 2.45) is 17.8 Å². The number of cyclic esters (lactones) is 1. The summed E-state index contributed by atoms with van der Waals surface area (Å²) in [7, 11) is 1.57. The van der Waals surface area contributed by atoms with Crippen LogP contribution in [-0.2, 0) is 23.7 Å². The molecular weight excluding hydrogens is 576 g/mol. The van der Waals surface area contributed by atoms with E-state index in [0.29, 0.717) is 39.0 Å². The smallest absolute Gasteiger partial charge is 0.410 e. The number of ether oxygens (including phenoxy) is 4. The van der Waals surface area contributed by atoms with Crippen molar-refractivity contribution < 1.29 is 38.7 Å². The van der Waals surface area contributed by atoms with E-state index in [1.54, 1.807) is 12.0 Å². The average Bonchev–Trinajstić information content (AvgIpc) is 3.68. The zero-order chi connectivity index (χ0) is 33.4. The number of hydrogen-bond acceptors (Lipinski definition) is 9. The number of allylic oxidation sites excluding steroid dienone is 3. The van der Waals surface area contributed by atoms with Crippen LogP contribution in [0.1, 0.15) is 80.6 Å². The van der Waals surface area contributed by atoms with E-state index in [-0.39, 0.29) is 48.4 Å². The van der Waals surface area contributed by atoms with E-state index >= 15 is 0 Å². The van der Waals surface area contributed by atoms with Crippen molar-refractivity contribution in [1.82, 2.24) is 10.2 Å². The Hall–Kier alpha value is -2.24. The summed E-state index contributed by atoms with van der Waals surface area (Å²) in [6.45, 7) is 16.6. The molecule has 0 aromatic rings. The largest absolute Gasteiger partial charge is 0.457 e. The summed E-state index contributed by atoms with van der Waals surface area (Å²) in [6, 6.07) is 0. The summed E-state index contributed by atoms with van der Waals surface area (Å²) >= 11 is 0. The maximum Gasteiger partial charge on any atom is 0.410 e. The molecule has 0 saturated carbocycles. The molecule has 10 atom stereocenters. The van der Waals surface area contributed by atoms with E-state index in [2.05, 4.69) is 25.2 Å². The van der Waals surface area contributed by atoms with Gasteiger partial charge in [-0.1, -0.05) is 52.0 Å². The van der Waals surface area contributed by atoms with Crippen LogP contribution in [0.5, 0.6) is 0 Å². The molecule has 3 aliphatic rings. The Morgan fingerprint density at radius 1 is 1.24 bits per heavy atom. The van der Waals surface area contributed by atoms with Crippen LogP contribution in [0.3, 0.4) is 0 Å². The second kappa shape index (κ2) is 16.5. The first kappa shape index (κ1) is 37.2. The number of nitrogens with zero attached hydrogens (tertiary/aromatic N) is 1. The van der Waals surface area contributed by atoms with Crippen molar-refractivity contribution >= 4 is 12.1 Å². The molecule has 2 saturated heterocycles. The van der Waals surface area contributed by atoms with Crippen molar-refractivity contribution in [3.63, 3.8) is 0 Å². The van der Waals surface area contributed by atoms with Crippen molar-refractivity contribution in [2.45, 2.75) is 122 Å². The number of epoxide rings is 1. The minimum absolute atomic E-state index is 0.0709. The van der Waals surface area contributed by atoms with Crippen molar-refractivity contribution in [3.05, 3.63) is 36.0 Å². The molecule has 10 nitrogen and oxygen atoms in total. The van der Waals surface area contributed by atoms with Gasteiger partial charge in [-0.3, -0.25) is 4.79 Å². The molecule has 256 valence electrons. The van der Waals surface area contributed by atoms with Crippen LogP contribution in [0.4, 0.5) is 4.79 Å². The van der Waals surface area contributed by atoms with Gasteiger partial charge in [-0.05, 0) is 64.0 Å². The van der Waals surface area contributed by atoms with Gasteiger partial charge in [0.2, 0.25) is 0 Å². The Balaban J connectivity index is 1.75. The number of rotatable bonds is 10. The maximum absolute atomic E-state index is 13.1. The molecule has 3 rings (SSSR count). The number of amides is 1. The zero-order valence-electron chi connectivity index (χ0n) is 28.7. The normalized spacial score (nSPS) is 36.3. The van der Waals surface area contributed by atoms with Crippen LogP contribution < -0.4 is 5.32 Å². The molecule has 1 unspecified atom stereocenters. The average molecular weight is 635 g/mol. The Morgan fingerprint density at radius 2 is 1.93 bits per heavy atom. The van der Waals surface area contributed by atoms with Crippen LogP contribution in [-0.4, -0.2) is 102 Å². The quantitative estimate of drug-likeness (QED) is 0.137. The van der Waals surface area contributed by atoms with Gasteiger partial charge >= 0.3 is 12.1 Å². The van der Waals surface area contributed by atoms with Crippen molar-refractivity contribution in [2.75, 3.05) is 33.3 Å². The highest BCUT2D eigenvalue weighted by atomic mass is 16.6. The van der Waals surface area contributed by atoms with E-state index in [4.69, 9.17) is 18.9 Å². The molecule has 10 heteroatoms. The third-order valence-corrected chi connectivity index (χ3v) is 10.1. The second-order valence-electron chi connectivity index (χ2n) is 13.7. The first-order chi connectivity index (χ1) is 21.2. The molecule has 2 fully saturated rings. The van der Waals surface area contributed by atoms with Gasteiger partial charge in [0.15, 0.2) is 6.10 Å². The number of esters is 1. The van der Waals surface area contributed by atoms with E-state index in [9.17, 15) is 19.8 Å². The third-order valence-electron chi connectivity index (χ3n) is 10.1. The Bertz CT molecular complexity index is 1070. The lowest BCUT2D eigenvalue weighted by molar-refractivity contribution is -0.151. The molecule has 0 aromatic heterocycles. The fourth-order valence-electron chi connectivity index (χ4n) is 6.29. The van der Waals surface area contributed by atoms with Crippen LogP contribution in [0, 0.1) is 17.8 Å². The summed E-state index contributed by atoms with van der Waals surface area (Å²) in [5.41, 5.74) is -0.350. The number of carbonyl (C=O) groups excluding carboxylic acids is 2. The van der Waals surface area contributed by atoms with Gasteiger partial charge in [0.1, 0.15) is 11.7 Å². The predicted molar refractivity (Wildman–Crippen MR) is 174 cm³/mol. The number of aliphatic hydroxyl groups excluding tert-OH is 2. The summed E-state index contributed by atoms with van der Waals surface area (Å²) < 4.78 is 23.9. The molecule has 0 aliphatic carbocycles. The highest BCUT2D eigenvalue weighted by molar-refractivity contribution is 5.70. The van der Waals surface area contributed by atoms with E-state index < -0.39 is 36.0 Å². The molecule has 0 radical (unpaired) electrons. The van der Waals surface area contributed by atoms with Gasteiger partial charge in [-0.15, -0.1) is 0 Å². The molecular formula is C35H58N2O8. The van der Waals surface area contributed by atoms with Crippen molar-refractivity contribution in [1.29, 1.82) is 0 Å². The molecule has 3 N–H and O–H groups in total. The SMILES string of the molecule is CC[C@H](O)[C@@H](C)C1(C)O[C@@H]1C[C@H](C)/C=C/C=C(\C)[C@H]1OC(=O)C[C@H](O)CC[C@@](C)(OC)[C@@H](OC(=O)N2CCNCC2)/C=C/[C@@H]1C. The molecule has 1 amide bonds. The van der Waals surface area contributed by atoms with Gasteiger partial charge in [-0.25, -0.2) is 4.79 Å². The third kappa shape index (κ3) is 10.1. The van der Waals surface area contributed by atoms with Gasteiger partial charge in [0, 0.05) is 45.1 Å². The number of methoxy groups -OCH3 is 1. The molecule has 0 spiro atoms. The fraction of sp³-hybridized carbons (Fsp3) is 0.771. The summed E-state index contributed by atoms with van der Waals surface area (Å²) in [5.74, 6) is -0.397. The van der Waals surface area contributed by atoms with Crippen LogP contribution in [0.2, 0.25) is 0 Å². The van der Waals surface area contributed by atoms with Gasteiger partial charge in [0.25, 0.3) is 0 Å². The second-order valence-corrected chi connectivity index (χ2v) is 13.7. The zero-order valence-corrected chi connectivity index (χ0v) is 28.7. The van der Waals surface area contributed by atoms with Crippen molar-refractivity contribution in [3.8, 4) is 0 Å². The van der Waals surface area contributed by atoms with Gasteiger partial charge < -0.3 is 39.4 Å². The Kier molecular flexibility index (Phi) is 13.7. The lowest BCUT2D eigenvalue weighted by Gasteiger charge is -2.37. The van der Waals surface area contributed by atoms with E-state index in [0.717, 1.165) is 12.0 Å². The first-order valence-electron chi connectivity index (χ1n) is 16.7. The molecule has 45 heavy (non-hydrogen) atoms. The number of hydrogen-bond donors (Lipinski definition) is 3. The van der Waals surface area contributed by atoms with Crippen LogP contribution in [0.25, 0.3) is 0 Å². The monoisotopic (exact) mass is 634 g/mol. The van der Waals surface area contributed by atoms with Gasteiger partial charge in [-0.2, -0.15) is 0 Å². The van der Waals surface area contributed by atoms with E-state index in [1.807, 2.05) is 58.9 Å². The molecule has 3 heterocycles. The number of aliphatic hydroxyl groups is 2. The highest BCUT2D eigenvalue weighted by Gasteiger charge is 2.57. The predicted octanol–water partition coefficient (Wildman–Crippen LogP) is 4.54. The van der Waals surface area contributed by atoms with Crippen LogP contribution in [0.15, 0.2) is 36.0 Å². The van der Waals surface area contributed by atoms with E-state index in [1.165, 1.54) is 0 Å². The lowest BCUT2D eigenvalue weighted by atomic mass is 9.84. The summed E-state index contributed by atoms with van der Waals surface area (Å²) in [6.07, 6.45) is 9.01. The summed E-state index contributed by atoms with van der Waals surface area (Å²) in [5, 5.41) is 24.2. The maximum atomic E-state index is 13.1. The van der Waals surface area contributed by atoms with Gasteiger partial charge in [0.05, 0.1) is 30.3 Å². The summed E-state index contributed by atoms with van der Waals surface area (Å²) in [4.78, 5) is 27.7. The Morgan fingerprint density at radius 3 is 2.58 bits per heavy atom. The standard InChI is InChI=1S/C35H58N2O8/c1-9-28(39)26(5)35(7)30(45-35)21-23(2)11-10-12-24(3)32-25(4)13-14-29(43-33(41)37-19-17-36-18-20-37)34(6,42-8)16-15-27(38)22-31(40)44-32/h10-14,23,25-30,32,36,38-39H,9,15-22H2,1-8H3/b11-10+,14-13+,24-12+/t23-,25+,26-,27-,28+,29+,30-,32-,34-,35?/m1/s1. The minimum atomic E-state index is -0.919. The van der Waals surface area contributed by atoms with Crippen LogP contribution >= 0.6 is 0 Å². The fourth-order valence-corrected chi connectivity index (χ4v) is 6.29. The number of nitrogens with one attached hydrogen (secondary N) is 1. The topological polar surface area (TPSA) is 130 Å². The first-order valence-corrected chi connectivity index (χ1v) is 16.7. The highest BCUT2D eigenvalue weighted by Crippen LogP contribution is 2.47. The molecule has 3 aliphatic heterocycles. The Labute approximate surface area is 270 Å². The molecule has 0 aromatic carbocycles. The number of piperazine rings is 1. The number of carbonyl (C=O) groups is 2. The lowest BCUT2D eigenvalue weighted by Crippen LogP contribution is -2.50. The molecule has 0 bridgehead atoms. The minimum Gasteiger partial charge on any atom is -0.457 e.